The first-order chi connectivity index (χ1) is 11.2. The molecule has 0 radical (unpaired) electrons. The summed E-state index contributed by atoms with van der Waals surface area (Å²) in [5.41, 5.74) is 1.24. The van der Waals surface area contributed by atoms with Crippen LogP contribution >= 0.6 is 0 Å². The molecule has 2 heterocycles. The predicted octanol–water partition coefficient (Wildman–Crippen LogP) is 1.86. The molecule has 6 nitrogen and oxygen atoms in total. The average Bonchev–Trinajstić information content (AvgIpc) is 3.25. The molecular weight excluding hydrogens is 294 g/mol. The van der Waals surface area contributed by atoms with Gasteiger partial charge in [0.2, 0.25) is 0 Å². The van der Waals surface area contributed by atoms with Crippen LogP contribution in [0.2, 0.25) is 0 Å². The minimum Gasteiger partial charge on any atom is -0.377 e. The molecule has 0 spiro atoms. The molecule has 0 bridgehead atoms. The zero-order valence-electron chi connectivity index (χ0n) is 14.5. The fourth-order valence-corrected chi connectivity index (χ4v) is 3.86. The number of likely N-dealkylation sites (N-methyl/N-ethyl adjacent to an activating group) is 1. The van der Waals surface area contributed by atoms with Gasteiger partial charge in [0, 0.05) is 32.5 Å². The summed E-state index contributed by atoms with van der Waals surface area (Å²) in [6.07, 6.45) is 9.38. The van der Waals surface area contributed by atoms with Crippen LogP contribution in [0.5, 0.6) is 0 Å². The Bertz CT molecular complexity index is 487. The van der Waals surface area contributed by atoms with Crippen molar-refractivity contribution in [2.45, 2.75) is 56.5 Å². The molecule has 1 saturated heterocycles. The van der Waals surface area contributed by atoms with Gasteiger partial charge in [-0.1, -0.05) is 12.8 Å². The molecule has 23 heavy (non-hydrogen) atoms. The molecule has 1 aromatic heterocycles. The Kier molecular flexibility index (Phi) is 5.69. The Morgan fingerprint density at radius 3 is 2.74 bits per heavy atom. The van der Waals surface area contributed by atoms with Crippen LogP contribution in [0.3, 0.4) is 0 Å². The van der Waals surface area contributed by atoms with Crippen molar-refractivity contribution < 1.29 is 14.2 Å². The van der Waals surface area contributed by atoms with Crippen LogP contribution in [0.25, 0.3) is 0 Å². The Labute approximate surface area is 138 Å². The molecule has 2 fully saturated rings. The lowest BCUT2D eigenvalue weighted by Crippen LogP contribution is -2.56. The quantitative estimate of drug-likeness (QED) is 0.800. The van der Waals surface area contributed by atoms with Gasteiger partial charge in [0.25, 0.3) is 0 Å². The van der Waals surface area contributed by atoms with E-state index >= 15 is 0 Å². The molecule has 1 saturated carbocycles. The van der Waals surface area contributed by atoms with Gasteiger partial charge in [0.05, 0.1) is 31.5 Å². The molecule has 3 rings (SSSR count). The third kappa shape index (κ3) is 3.76. The molecule has 130 valence electrons. The van der Waals surface area contributed by atoms with E-state index in [0.717, 1.165) is 6.54 Å². The Hall–Kier alpha value is -0.950. The van der Waals surface area contributed by atoms with Crippen LogP contribution in [0, 0.1) is 0 Å². The molecular formula is C17H29N3O3. The van der Waals surface area contributed by atoms with Crippen molar-refractivity contribution in [2.75, 3.05) is 34.5 Å². The highest BCUT2D eigenvalue weighted by atomic mass is 16.6. The van der Waals surface area contributed by atoms with Crippen LogP contribution in [-0.4, -0.2) is 67.4 Å². The second-order valence-corrected chi connectivity index (χ2v) is 6.76. The fourth-order valence-electron chi connectivity index (χ4n) is 3.86. The number of ether oxygens (including phenoxy) is 3. The molecule has 0 N–H and O–H groups in total. The maximum absolute atomic E-state index is 5.70. The molecule has 2 aliphatic rings. The summed E-state index contributed by atoms with van der Waals surface area (Å²) in [5.74, 6) is 0. The maximum Gasteiger partial charge on any atom is 0.108 e. The molecule has 0 unspecified atom stereocenters. The molecule has 1 aliphatic carbocycles. The van der Waals surface area contributed by atoms with E-state index in [2.05, 4.69) is 27.9 Å². The van der Waals surface area contributed by atoms with Gasteiger partial charge in [0.15, 0.2) is 0 Å². The summed E-state index contributed by atoms with van der Waals surface area (Å²) in [6, 6.07) is 0.783. The van der Waals surface area contributed by atoms with Gasteiger partial charge in [0.1, 0.15) is 12.2 Å². The number of rotatable bonds is 6. The summed E-state index contributed by atoms with van der Waals surface area (Å²) in [5, 5.41) is 4.57. The van der Waals surface area contributed by atoms with Crippen molar-refractivity contribution in [3.8, 4) is 0 Å². The van der Waals surface area contributed by atoms with E-state index in [1.54, 1.807) is 14.2 Å². The standard InChI is InChI=1S/C17H29N3O3/c1-19(15-11-23-12-16(21-2)17(15)22-3)9-13-8-18-20(10-13)14-6-4-5-7-14/h8,10,14-17H,4-7,9,11-12H2,1-3H3/t15-,16-,17+/m1/s1. The highest BCUT2D eigenvalue weighted by Crippen LogP contribution is 2.29. The first-order valence-corrected chi connectivity index (χ1v) is 8.59. The highest BCUT2D eigenvalue weighted by molar-refractivity contribution is 5.05. The van der Waals surface area contributed by atoms with E-state index in [4.69, 9.17) is 14.2 Å². The summed E-state index contributed by atoms with van der Waals surface area (Å²) in [4.78, 5) is 2.29. The van der Waals surface area contributed by atoms with Gasteiger partial charge in [-0.3, -0.25) is 9.58 Å². The largest absolute Gasteiger partial charge is 0.377 e. The van der Waals surface area contributed by atoms with E-state index in [1.165, 1.54) is 31.2 Å². The van der Waals surface area contributed by atoms with Crippen LogP contribution in [0.4, 0.5) is 0 Å². The number of hydrogen-bond donors (Lipinski definition) is 0. The van der Waals surface area contributed by atoms with Crippen molar-refractivity contribution >= 4 is 0 Å². The SMILES string of the molecule is CO[C@H]1[C@H](N(C)Cc2cnn(C3CCCC3)c2)COC[C@H]1OC. The van der Waals surface area contributed by atoms with Crippen molar-refractivity contribution in [2.24, 2.45) is 0 Å². The first kappa shape index (κ1) is 16.9. The van der Waals surface area contributed by atoms with Gasteiger partial charge < -0.3 is 14.2 Å². The van der Waals surface area contributed by atoms with Gasteiger partial charge in [-0.25, -0.2) is 0 Å². The highest BCUT2D eigenvalue weighted by Gasteiger charge is 2.36. The van der Waals surface area contributed by atoms with E-state index < -0.39 is 0 Å². The Balaban J connectivity index is 1.62. The number of aromatic nitrogens is 2. The van der Waals surface area contributed by atoms with E-state index in [1.807, 2.05) is 6.20 Å². The summed E-state index contributed by atoms with van der Waals surface area (Å²) in [6.45, 7) is 2.11. The summed E-state index contributed by atoms with van der Waals surface area (Å²) in [7, 11) is 5.58. The van der Waals surface area contributed by atoms with Gasteiger partial charge in [-0.2, -0.15) is 5.10 Å². The van der Waals surface area contributed by atoms with Gasteiger partial charge in [-0.15, -0.1) is 0 Å². The molecule has 3 atom stereocenters. The summed E-state index contributed by atoms with van der Waals surface area (Å²) < 4.78 is 19.0. The van der Waals surface area contributed by atoms with Crippen LogP contribution < -0.4 is 0 Å². The van der Waals surface area contributed by atoms with Crippen molar-refractivity contribution in [3.63, 3.8) is 0 Å². The third-order valence-electron chi connectivity index (χ3n) is 5.24. The minimum atomic E-state index is -0.0117. The first-order valence-electron chi connectivity index (χ1n) is 8.59. The predicted molar refractivity (Wildman–Crippen MR) is 87.4 cm³/mol. The maximum atomic E-state index is 5.70. The lowest BCUT2D eigenvalue weighted by atomic mass is 10.0. The number of methoxy groups -OCH3 is 2. The second-order valence-electron chi connectivity index (χ2n) is 6.76. The van der Waals surface area contributed by atoms with E-state index in [-0.39, 0.29) is 18.2 Å². The lowest BCUT2D eigenvalue weighted by Gasteiger charge is -2.40. The monoisotopic (exact) mass is 323 g/mol. The average molecular weight is 323 g/mol. The molecule has 0 aromatic carbocycles. The normalized spacial score (nSPS) is 29.5. The van der Waals surface area contributed by atoms with Crippen molar-refractivity contribution in [3.05, 3.63) is 18.0 Å². The molecule has 6 heteroatoms. The van der Waals surface area contributed by atoms with Gasteiger partial charge >= 0.3 is 0 Å². The van der Waals surface area contributed by atoms with E-state index in [0.29, 0.717) is 19.3 Å². The van der Waals surface area contributed by atoms with Crippen molar-refractivity contribution in [1.29, 1.82) is 0 Å². The summed E-state index contributed by atoms with van der Waals surface area (Å²) >= 11 is 0. The van der Waals surface area contributed by atoms with Crippen LogP contribution in [-0.2, 0) is 20.8 Å². The van der Waals surface area contributed by atoms with E-state index in [9.17, 15) is 0 Å². The zero-order valence-corrected chi connectivity index (χ0v) is 14.5. The smallest absolute Gasteiger partial charge is 0.108 e. The molecule has 0 amide bonds. The third-order valence-corrected chi connectivity index (χ3v) is 5.24. The molecule has 1 aliphatic heterocycles. The second kappa shape index (κ2) is 7.75. The van der Waals surface area contributed by atoms with Crippen LogP contribution in [0.1, 0.15) is 37.3 Å². The van der Waals surface area contributed by atoms with Crippen LogP contribution in [0.15, 0.2) is 12.4 Å². The number of nitrogens with zero attached hydrogens (tertiary/aromatic N) is 3. The van der Waals surface area contributed by atoms with Gasteiger partial charge in [-0.05, 0) is 19.9 Å². The fraction of sp³-hybridized carbons (Fsp3) is 0.824. The lowest BCUT2D eigenvalue weighted by molar-refractivity contribution is -0.153. The topological polar surface area (TPSA) is 48.8 Å². The minimum absolute atomic E-state index is 0.0117. The number of hydrogen-bond acceptors (Lipinski definition) is 5. The Morgan fingerprint density at radius 2 is 2.04 bits per heavy atom. The van der Waals surface area contributed by atoms with Crippen molar-refractivity contribution in [1.82, 2.24) is 14.7 Å². The zero-order chi connectivity index (χ0) is 16.2. The molecule has 1 aromatic rings. The Morgan fingerprint density at radius 1 is 1.26 bits per heavy atom.